The zero-order chi connectivity index (χ0) is 17.3. The second-order valence-electron chi connectivity index (χ2n) is 5.78. The minimum Gasteiger partial charge on any atom is -0.497 e. The van der Waals surface area contributed by atoms with Crippen LogP contribution in [0, 0.1) is 0 Å². The molecule has 5 nitrogen and oxygen atoms in total. The lowest BCUT2D eigenvalue weighted by Crippen LogP contribution is -2.48. The molecule has 0 fully saturated rings. The molecule has 1 amide bonds. The fourth-order valence-electron chi connectivity index (χ4n) is 2.62. The van der Waals surface area contributed by atoms with E-state index in [4.69, 9.17) is 21.1 Å². The van der Waals surface area contributed by atoms with Crippen molar-refractivity contribution in [1.82, 2.24) is 0 Å². The molecule has 2 aromatic rings. The molecule has 3 rings (SSSR count). The summed E-state index contributed by atoms with van der Waals surface area (Å²) in [4.78, 5) is 24.8. The molecular formula is C18H16ClNO4. The van der Waals surface area contributed by atoms with E-state index in [1.54, 1.807) is 56.5 Å². The van der Waals surface area contributed by atoms with E-state index in [1.165, 1.54) is 0 Å². The van der Waals surface area contributed by atoms with Gasteiger partial charge >= 0.3 is 5.97 Å². The Morgan fingerprint density at radius 2 is 1.96 bits per heavy atom. The Bertz CT molecular complexity index is 803. The second kappa shape index (κ2) is 6.17. The Morgan fingerprint density at radius 3 is 2.62 bits per heavy atom. The average Bonchev–Trinajstić information content (AvgIpc) is 2.56. The van der Waals surface area contributed by atoms with Crippen molar-refractivity contribution in [3.05, 3.63) is 58.6 Å². The van der Waals surface area contributed by atoms with Gasteiger partial charge in [-0.15, -0.1) is 0 Å². The molecule has 0 aromatic heterocycles. The Balaban J connectivity index is 1.81. The van der Waals surface area contributed by atoms with Crippen LogP contribution in [0.3, 0.4) is 0 Å². The summed E-state index contributed by atoms with van der Waals surface area (Å²) in [6.07, 6.45) is 0.285. The fraction of sp³-hybridized carbons (Fsp3) is 0.222. The van der Waals surface area contributed by atoms with Gasteiger partial charge in [-0.1, -0.05) is 17.7 Å². The van der Waals surface area contributed by atoms with Crippen LogP contribution in [0.1, 0.15) is 22.8 Å². The van der Waals surface area contributed by atoms with E-state index in [1.807, 2.05) is 0 Å². The maximum absolute atomic E-state index is 12.6. The summed E-state index contributed by atoms with van der Waals surface area (Å²) < 4.78 is 10.5. The van der Waals surface area contributed by atoms with Crippen LogP contribution in [0.2, 0.25) is 5.02 Å². The molecule has 1 N–H and O–H groups in total. The lowest BCUT2D eigenvalue weighted by Gasteiger charge is -2.33. The van der Waals surface area contributed by atoms with Crippen molar-refractivity contribution >= 4 is 29.2 Å². The first-order valence-electron chi connectivity index (χ1n) is 7.38. The van der Waals surface area contributed by atoms with Gasteiger partial charge in [0.25, 0.3) is 5.91 Å². The van der Waals surface area contributed by atoms with E-state index in [0.717, 1.165) is 5.56 Å². The minimum atomic E-state index is -1.28. The topological polar surface area (TPSA) is 64.6 Å². The molecular weight excluding hydrogens is 330 g/mol. The third-order valence-corrected chi connectivity index (χ3v) is 4.20. The minimum absolute atomic E-state index is 0.285. The summed E-state index contributed by atoms with van der Waals surface area (Å²) in [5, 5.41) is 3.22. The van der Waals surface area contributed by atoms with Crippen molar-refractivity contribution in [2.24, 2.45) is 0 Å². The molecule has 0 unspecified atom stereocenters. The quantitative estimate of drug-likeness (QED) is 0.865. The van der Waals surface area contributed by atoms with Gasteiger partial charge in [0.2, 0.25) is 0 Å². The predicted molar refractivity (Wildman–Crippen MR) is 90.6 cm³/mol. The highest BCUT2D eigenvalue weighted by atomic mass is 35.5. The predicted octanol–water partition coefficient (Wildman–Crippen LogP) is 3.46. The number of fused-ring (bicyclic) bond motifs is 1. The molecule has 0 saturated heterocycles. The fourth-order valence-corrected chi connectivity index (χ4v) is 2.79. The number of methoxy groups -OCH3 is 1. The van der Waals surface area contributed by atoms with Crippen LogP contribution in [-0.4, -0.2) is 24.6 Å². The summed E-state index contributed by atoms with van der Waals surface area (Å²) in [6, 6.07) is 11.9. The van der Waals surface area contributed by atoms with E-state index in [2.05, 4.69) is 5.32 Å². The SMILES string of the molecule is COc1ccc(NC(=O)[C@]2(C)Cc3ccc(Cl)cc3C(=O)O2)cc1. The van der Waals surface area contributed by atoms with Gasteiger partial charge in [-0.3, -0.25) is 4.79 Å². The van der Waals surface area contributed by atoms with Crippen LogP contribution >= 0.6 is 11.6 Å². The number of amides is 1. The summed E-state index contributed by atoms with van der Waals surface area (Å²) in [7, 11) is 1.57. The van der Waals surface area contributed by atoms with E-state index < -0.39 is 11.6 Å². The number of carbonyl (C=O) groups is 2. The zero-order valence-electron chi connectivity index (χ0n) is 13.3. The van der Waals surface area contributed by atoms with E-state index in [-0.39, 0.29) is 12.3 Å². The van der Waals surface area contributed by atoms with Gasteiger partial charge in [0.05, 0.1) is 12.7 Å². The molecule has 0 saturated carbocycles. The molecule has 124 valence electrons. The average molecular weight is 346 g/mol. The molecule has 1 aliphatic rings. The van der Waals surface area contributed by atoms with Gasteiger partial charge in [0, 0.05) is 17.1 Å². The smallest absolute Gasteiger partial charge is 0.339 e. The number of nitrogens with one attached hydrogen (secondary N) is 1. The summed E-state index contributed by atoms with van der Waals surface area (Å²) in [6.45, 7) is 1.60. The normalized spacial score (nSPS) is 19.2. The van der Waals surface area contributed by atoms with Crippen molar-refractivity contribution in [3.8, 4) is 5.75 Å². The Hall–Kier alpha value is -2.53. The van der Waals surface area contributed by atoms with Crippen LogP contribution in [0.4, 0.5) is 5.69 Å². The standard InChI is InChI=1S/C18H16ClNO4/c1-18(17(22)20-13-5-7-14(23-2)8-6-13)10-11-3-4-12(19)9-15(11)16(21)24-18/h3-9H,10H2,1-2H3,(H,20,22)/t18-/m0/s1. The molecule has 1 heterocycles. The van der Waals surface area contributed by atoms with Crippen molar-refractivity contribution in [3.63, 3.8) is 0 Å². The number of esters is 1. The Morgan fingerprint density at radius 1 is 1.25 bits per heavy atom. The highest BCUT2D eigenvalue weighted by Gasteiger charge is 2.42. The third kappa shape index (κ3) is 3.08. The number of ether oxygens (including phenoxy) is 2. The van der Waals surface area contributed by atoms with Crippen molar-refractivity contribution in [2.45, 2.75) is 18.9 Å². The van der Waals surface area contributed by atoms with Crippen LogP contribution < -0.4 is 10.1 Å². The van der Waals surface area contributed by atoms with Crippen LogP contribution in [0.5, 0.6) is 5.75 Å². The number of anilines is 1. The van der Waals surface area contributed by atoms with Gasteiger partial charge in [0.1, 0.15) is 5.75 Å². The van der Waals surface area contributed by atoms with Crippen LogP contribution in [0.15, 0.2) is 42.5 Å². The first-order valence-corrected chi connectivity index (χ1v) is 7.76. The van der Waals surface area contributed by atoms with Crippen molar-refractivity contribution in [2.75, 3.05) is 12.4 Å². The first kappa shape index (κ1) is 16.3. The van der Waals surface area contributed by atoms with Gasteiger partial charge in [-0.25, -0.2) is 4.79 Å². The van der Waals surface area contributed by atoms with Crippen molar-refractivity contribution < 1.29 is 19.1 Å². The summed E-state index contributed by atoms with van der Waals surface area (Å²) in [5.41, 5.74) is 0.456. The zero-order valence-corrected chi connectivity index (χ0v) is 14.0. The molecule has 1 aliphatic heterocycles. The monoisotopic (exact) mass is 345 g/mol. The number of cyclic esters (lactones) is 1. The number of benzene rings is 2. The molecule has 0 bridgehead atoms. The summed E-state index contributed by atoms with van der Waals surface area (Å²) in [5.74, 6) is -0.248. The van der Waals surface area contributed by atoms with Gasteiger partial charge in [-0.05, 0) is 48.9 Å². The largest absolute Gasteiger partial charge is 0.497 e. The molecule has 0 spiro atoms. The van der Waals surface area contributed by atoms with E-state index >= 15 is 0 Å². The molecule has 0 radical (unpaired) electrons. The molecule has 1 atom stereocenters. The maximum Gasteiger partial charge on any atom is 0.339 e. The molecule has 0 aliphatic carbocycles. The Labute approximate surface area is 144 Å². The van der Waals surface area contributed by atoms with Gasteiger partial charge in [-0.2, -0.15) is 0 Å². The molecule has 2 aromatic carbocycles. The first-order chi connectivity index (χ1) is 11.4. The number of hydrogen-bond donors (Lipinski definition) is 1. The lowest BCUT2D eigenvalue weighted by atomic mass is 9.89. The molecule has 6 heteroatoms. The maximum atomic E-state index is 12.6. The number of carbonyl (C=O) groups excluding carboxylic acids is 2. The highest BCUT2D eigenvalue weighted by molar-refractivity contribution is 6.31. The van der Waals surface area contributed by atoms with Crippen molar-refractivity contribution in [1.29, 1.82) is 0 Å². The Kier molecular flexibility index (Phi) is 4.20. The highest BCUT2D eigenvalue weighted by Crippen LogP contribution is 2.31. The number of halogens is 1. The number of rotatable bonds is 3. The van der Waals surface area contributed by atoms with E-state index in [0.29, 0.717) is 22.0 Å². The lowest BCUT2D eigenvalue weighted by molar-refractivity contribution is -0.134. The molecule has 24 heavy (non-hydrogen) atoms. The van der Waals surface area contributed by atoms with E-state index in [9.17, 15) is 9.59 Å². The van der Waals surface area contributed by atoms with Crippen LogP contribution in [0.25, 0.3) is 0 Å². The van der Waals surface area contributed by atoms with Crippen LogP contribution in [-0.2, 0) is 16.0 Å². The number of hydrogen-bond acceptors (Lipinski definition) is 4. The van der Waals surface area contributed by atoms with Gasteiger partial charge < -0.3 is 14.8 Å². The third-order valence-electron chi connectivity index (χ3n) is 3.97. The second-order valence-corrected chi connectivity index (χ2v) is 6.22. The summed E-state index contributed by atoms with van der Waals surface area (Å²) >= 11 is 5.91. The van der Waals surface area contributed by atoms with Gasteiger partial charge in [0.15, 0.2) is 5.60 Å².